The highest BCUT2D eigenvalue weighted by molar-refractivity contribution is 5.62. The van der Waals surface area contributed by atoms with Crippen molar-refractivity contribution in [2.45, 2.75) is 18.9 Å². The van der Waals surface area contributed by atoms with Gasteiger partial charge in [-0.2, -0.15) is 4.98 Å². The van der Waals surface area contributed by atoms with Crippen LogP contribution in [0.15, 0.2) is 48.9 Å². The van der Waals surface area contributed by atoms with Gasteiger partial charge in [-0.15, -0.1) is 5.10 Å². The number of nitrogens with zero attached hydrogens (tertiary/aromatic N) is 6. The lowest BCUT2D eigenvalue weighted by molar-refractivity contribution is 0.122. The van der Waals surface area contributed by atoms with E-state index >= 15 is 0 Å². The van der Waals surface area contributed by atoms with E-state index in [1.54, 1.807) is 17.2 Å². The number of aliphatic hydroxyl groups is 1. The van der Waals surface area contributed by atoms with Crippen molar-refractivity contribution in [2.24, 2.45) is 0 Å². The Morgan fingerprint density at radius 2 is 1.81 bits per heavy atom. The van der Waals surface area contributed by atoms with Crippen molar-refractivity contribution >= 4 is 23.1 Å². The van der Waals surface area contributed by atoms with Crippen LogP contribution in [0.4, 0.5) is 23.1 Å². The highest BCUT2D eigenvalue weighted by Crippen LogP contribution is 2.23. The average molecular weight is 422 g/mol. The SMILES string of the molecule is OC1CCCN(c2ncn(-c3ccnc(Nc4ccc(N5CCOCC5)cc4)c3)n2)C1. The minimum atomic E-state index is -0.313. The molecule has 2 N–H and O–H groups in total. The highest BCUT2D eigenvalue weighted by Gasteiger charge is 2.21. The molecule has 1 atom stereocenters. The largest absolute Gasteiger partial charge is 0.391 e. The first kappa shape index (κ1) is 19.8. The van der Waals surface area contributed by atoms with E-state index in [9.17, 15) is 5.11 Å². The number of hydrogen-bond donors (Lipinski definition) is 2. The normalized spacial score (nSPS) is 19.5. The lowest BCUT2D eigenvalue weighted by Gasteiger charge is -2.28. The number of piperidine rings is 1. The summed E-state index contributed by atoms with van der Waals surface area (Å²) in [6, 6.07) is 12.2. The van der Waals surface area contributed by atoms with Crippen LogP contribution in [-0.2, 0) is 4.74 Å². The molecule has 162 valence electrons. The molecule has 0 spiro atoms. The molecule has 3 aromatic rings. The maximum atomic E-state index is 9.90. The number of rotatable bonds is 5. The molecule has 2 aliphatic rings. The number of aromatic nitrogens is 4. The third-order valence-electron chi connectivity index (χ3n) is 5.68. The van der Waals surface area contributed by atoms with E-state index in [1.807, 2.05) is 17.0 Å². The van der Waals surface area contributed by atoms with Gasteiger partial charge in [0, 0.05) is 49.8 Å². The zero-order valence-corrected chi connectivity index (χ0v) is 17.4. The van der Waals surface area contributed by atoms with E-state index in [1.165, 1.54) is 5.69 Å². The zero-order valence-electron chi connectivity index (χ0n) is 17.4. The maximum absolute atomic E-state index is 9.90. The van der Waals surface area contributed by atoms with Crippen LogP contribution in [0.25, 0.3) is 5.69 Å². The Hall–Kier alpha value is -3.17. The topological polar surface area (TPSA) is 91.6 Å². The maximum Gasteiger partial charge on any atom is 0.245 e. The Labute approximate surface area is 181 Å². The van der Waals surface area contributed by atoms with Gasteiger partial charge in [0.25, 0.3) is 0 Å². The second-order valence-electron chi connectivity index (χ2n) is 7.90. The summed E-state index contributed by atoms with van der Waals surface area (Å²) in [6.07, 6.45) is 4.93. The molecule has 0 aliphatic carbocycles. The first-order valence-corrected chi connectivity index (χ1v) is 10.8. The van der Waals surface area contributed by atoms with Gasteiger partial charge >= 0.3 is 0 Å². The molecule has 4 heterocycles. The van der Waals surface area contributed by atoms with Crippen LogP contribution in [0.2, 0.25) is 0 Å². The quantitative estimate of drug-likeness (QED) is 0.648. The summed E-state index contributed by atoms with van der Waals surface area (Å²) in [5, 5.41) is 17.9. The number of hydrogen-bond acceptors (Lipinski definition) is 8. The Morgan fingerprint density at radius 3 is 2.61 bits per heavy atom. The van der Waals surface area contributed by atoms with Gasteiger partial charge in [-0.3, -0.25) is 0 Å². The van der Waals surface area contributed by atoms with Crippen molar-refractivity contribution in [3.05, 3.63) is 48.9 Å². The van der Waals surface area contributed by atoms with Gasteiger partial charge in [0.15, 0.2) is 0 Å². The van der Waals surface area contributed by atoms with Crippen LogP contribution in [0.1, 0.15) is 12.8 Å². The van der Waals surface area contributed by atoms with Crippen molar-refractivity contribution < 1.29 is 9.84 Å². The molecule has 0 bridgehead atoms. The number of pyridine rings is 1. The van der Waals surface area contributed by atoms with Crippen LogP contribution < -0.4 is 15.1 Å². The smallest absolute Gasteiger partial charge is 0.245 e. The van der Waals surface area contributed by atoms with Gasteiger partial charge in [0.05, 0.1) is 25.0 Å². The molecular formula is C22H27N7O2. The van der Waals surface area contributed by atoms with Crippen molar-refractivity contribution in [2.75, 3.05) is 54.5 Å². The van der Waals surface area contributed by atoms with E-state index in [-0.39, 0.29) is 6.10 Å². The van der Waals surface area contributed by atoms with Crippen LogP contribution in [-0.4, -0.2) is 70.4 Å². The second-order valence-corrected chi connectivity index (χ2v) is 7.90. The number of β-amino-alcohol motifs (C(OH)–C–C–N with tert-alkyl or cyclic N) is 1. The molecule has 31 heavy (non-hydrogen) atoms. The van der Waals surface area contributed by atoms with Crippen molar-refractivity contribution in [1.82, 2.24) is 19.7 Å². The summed E-state index contributed by atoms with van der Waals surface area (Å²) in [5.41, 5.74) is 3.05. The Bertz CT molecular complexity index is 1000. The molecule has 0 radical (unpaired) electrons. The van der Waals surface area contributed by atoms with Crippen LogP contribution in [0, 0.1) is 0 Å². The molecule has 1 aromatic carbocycles. The molecule has 2 saturated heterocycles. The third-order valence-corrected chi connectivity index (χ3v) is 5.68. The Balaban J connectivity index is 1.27. The van der Waals surface area contributed by atoms with Gasteiger partial charge in [-0.05, 0) is 43.2 Å². The summed E-state index contributed by atoms with van der Waals surface area (Å²) in [7, 11) is 0. The highest BCUT2D eigenvalue weighted by atomic mass is 16.5. The number of aliphatic hydroxyl groups excluding tert-OH is 1. The molecule has 5 rings (SSSR count). The van der Waals surface area contributed by atoms with Gasteiger partial charge in [0.2, 0.25) is 5.95 Å². The van der Waals surface area contributed by atoms with E-state index in [2.05, 4.69) is 49.5 Å². The summed E-state index contributed by atoms with van der Waals surface area (Å²) in [6.45, 7) is 4.84. The standard InChI is InChI=1S/C22H27N7O2/c30-20-2-1-9-28(15-20)22-24-16-29(26-22)19-7-8-23-21(14-19)25-17-3-5-18(6-4-17)27-10-12-31-13-11-27/h3-8,14,16,20,30H,1-2,9-13,15H2,(H,23,25). The minimum Gasteiger partial charge on any atom is -0.391 e. The van der Waals surface area contributed by atoms with Gasteiger partial charge in [-0.1, -0.05) is 0 Å². The molecule has 9 heteroatoms. The van der Waals surface area contributed by atoms with Gasteiger partial charge in [0.1, 0.15) is 12.1 Å². The fraction of sp³-hybridized carbons (Fsp3) is 0.409. The van der Waals surface area contributed by atoms with E-state index < -0.39 is 0 Å². The first-order valence-electron chi connectivity index (χ1n) is 10.8. The van der Waals surface area contributed by atoms with Crippen molar-refractivity contribution in [3.63, 3.8) is 0 Å². The fourth-order valence-corrected chi connectivity index (χ4v) is 4.02. The van der Waals surface area contributed by atoms with E-state index in [0.29, 0.717) is 12.5 Å². The summed E-state index contributed by atoms with van der Waals surface area (Å²) >= 11 is 0. The lowest BCUT2D eigenvalue weighted by atomic mass is 10.1. The molecule has 2 aromatic heterocycles. The van der Waals surface area contributed by atoms with Crippen molar-refractivity contribution in [1.29, 1.82) is 0 Å². The lowest BCUT2D eigenvalue weighted by Crippen LogP contribution is -2.38. The molecule has 9 nitrogen and oxygen atoms in total. The van der Waals surface area contributed by atoms with Crippen LogP contribution in [0.5, 0.6) is 0 Å². The summed E-state index contributed by atoms with van der Waals surface area (Å²) < 4.78 is 7.17. The van der Waals surface area contributed by atoms with E-state index in [0.717, 1.165) is 62.9 Å². The molecular weight excluding hydrogens is 394 g/mol. The van der Waals surface area contributed by atoms with Gasteiger partial charge < -0.3 is 25.0 Å². The third kappa shape index (κ3) is 4.62. The fourth-order valence-electron chi connectivity index (χ4n) is 4.02. The summed E-state index contributed by atoms with van der Waals surface area (Å²) in [5.74, 6) is 1.38. The number of anilines is 4. The number of nitrogens with one attached hydrogen (secondary N) is 1. The molecule has 1 unspecified atom stereocenters. The van der Waals surface area contributed by atoms with Crippen LogP contribution >= 0.6 is 0 Å². The van der Waals surface area contributed by atoms with Crippen LogP contribution in [0.3, 0.4) is 0 Å². The minimum absolute atomic E-state index is 0.313. The Morgan fingerprint density at radius 1 is 0.968 bits per heavy atom. The second kappa shape index (κ2) is 8.91. The van der Waals surface area contributed by atoms with Gasteiger partial charge in [-0.25, -0.2) is 9.67 Å². The van der Waals surface area contributed by atoms with E-state index in [4.69, 9.17) is 4.74 Å². The molecule has 2 aliphatic heterocycles. The predicted octanol–water partition coefficient (Wildman–Crippen LogP) is 2.20. The number of morpholine rings is 1. The summed E-state index contributed by atoms with van der Waals surface area (Å²) in [4.78, 5) is 13.2. The number of ether oxygens (including phenoxy) is 1. The first-order chi connectivity index (χ1) is 15.2. The van der Waals surface area contributed by atoms with Crippen molar-refractivity contribution in [3.8, 4) is 5.69 Å². The average Bonchev–Trinajstić information content (AvgIpc) is 3.31. The Kier molecular flexibility index (Phi) is 5.68. The molecule has 0 amide bonds. The predicted molar refractivity (Wildman–Crippen MR) is 119 cm³/mol. The molecule has 2 fully saturated rings. The monoisotopic (exact) mass is 421 g/mol. The number of benzene rings is 1. The zero-order chi connectivity index (χ0) is 21.0. The molecule has 0 saturated carbocycles.